The molecule has 1 aromatic heterocycles. The Hall–Kier alpha value is -0.400. The summed E-state index contributed by atoms with van der Waals surface area (Å²) in [4.78, 5) is 20.1. The molecule has 28 heavy (non-hydrogen) atoms. The van der Waals surface area contributed by atoms with E-state index < -0.39 is 0 Å². The van der Waals surface area contributed by atoms with Gasteiger partial charge in [-0.25, -0.2) is 4.98 Å². The van der Waals surface area contributed by atoms with Gasteiger partial charge in [0.15, 0.2) is 0 Å². The fourth-order valence-electron chi connectivity index (χ4n) is 5.16. The smallest absolute Gasteiger partial charge is 0.227 e. The van der Waals surface area contributed by atoms with Gasteiger partial charge >= 0.3 is 0 Å². The highest BCUT2D eigenvalue weighted by atomic mass is 35.5. The lowest BCUT2D eigenvalue weighted by Gasteiger charge is -2.38. The van der Waals surface area contributed by atoms with Crippen LogP contribution < -0.4 is 10.6 Å². The Balaban J connectivity index is 0.00000140. The third-order valence-electron chi connectivity index (χ3n) is 6.80. The molecule has 1 amide bonds. The molecule has 0 unspecified atom stereocenters. The number of aryl methyl sites for hydroxylation is 1. The minimum atomic E-state index is -0.110. The van der Waals surface area contributed by atoms with E-state index in [2.05, 4.69) is 32.8 Å². The van der Waals surface area contributed by atoms with Crippen LogP contribution in [0.2, 0.25) is 0 Å². The second kappa shape index (κ2) is 10.6. The summed E-state index contributed by atoms with van der Waals surface area (Å²) in [6, 6.07) is 0. The number of fused-ring (bicyclic) bond motifs is 1. The van der Waals surface area contributed by atoms with Crippen LogP contribution >= 0.6 is 36.2 Å². The summed E-state index contributed by atoms with van der Waals surface area (Å²) in [6.45, 7) is 8.05. The van der Waals surface area contributed by atoms with Gasteiger partial charge in [0.25, 0.3) is 0 Å². The number of nitrogens with zero attached hydrogens (tertiary/aromatic N) is 2. The SMILES string of the molecule is Cc1nc(CN2CCC(CNC(=O)[C@@]34CCCC[C@H]3CNC4)CC2)cs1.Cl.Cl. The molecule has 1 saturated carbocycles. The zero-order valence-corrected chi connectivity index (χ0v) is 19.2. The van der Waals surface area contributed by atoms with E-state index in [1.54, 1.807) is 11.3 Å². The van der Waals surface area contributed by atoms with Gasteiger partial charge in [0.2, 0.25) is 5.91 Å². The Kier molecular flexibility index (Phi) is 9.02. The third kappa shape index (κ3) is 5.20. The average Bonchev–Trinajstić information content (AvgIpc) is 3.27. The molecular weight excluding hydrogens is 415 g/mol. The van der Waals surface area contributed by atoms with Crippen LogP contribution in [0.4, 0.5) is 0 Å². The number of carbonyl (C=O) groups is 1. The fraction of sp³-hybridized carbons (Fsp3) is 0.800. The summed E-state index contributed by atoms with van der Waals surface area (Å²) >= 11 is 1.73. The Morgan fingerprint density at radius 2 is 2.11 bits per heavy atom. The zero-order chi connectivity index (χ0) is 18.0. The van der Waals surface area contributed by atoms with Crippen molar-refractivity contribution in [2.24, 2.45) is 17.3 Å². The molecular formula is C20H34Cl2N4OS. The number of piperidine rings is 1. The second-order valence-electron chi connectivity index (χ2n) is 8.52. The normalized spacial score (nSPS) is 28.1. The predicted octanol–water partition coefficient (Wildman–Crippen LogP) is 3.40. The van der Waals surface area contributed by atoms with Gasteiger partial charge in [-0.2, -0.15) is 0 Å². The standard InChI is InChI=1S/C20H32N4OS.2ClH/c1-15-23-18(13-26-15)12-24-8-5-16(6-9-24)10-22-19(25)20-7-3-2-4-17(20)11-21-14-20;;/h13,16-17,21H,2-12,14H2,1H3,(H,22,25);2*1H/t17-,20+;;/m0../s1. The van der Waals surface area contributed by atoms with Crippen LogP contribution in [-0.2, 0) is 11.3 Å². The molecule has 4 rings (SSSR count). The summed E-state index contributed by atoms with van der Waals surface area (Å²) < 4.78 is 0. The van der Waals surface area contributed by atoms with E-state index in [1.165, 1.54) is 37.8 Å². The van der Waals surface area contributed by atoms with Crippen LogP contribution in [-0.4, -0.2) is 48.5 Å². The molecule has 160 valence electrons. The zero-order valence-electron chi connectivity index (χ0n) is 16.7. The first-order valence-corrected chi connectivity index (χ1v) is 11.2. The van der Waals surface area contributed by atoms with Gasteiger partial charge in [-0.05, 0) is 64.1 Å². The molecule has 0 radical (unpaired) electrons. The van der Waals surface area contributed by atoms with E-state index >= 15 is 0 Å². The summed E-state index contributed by atoms with van der Waals surface area (Å²) in [7, 11) is 0. The minimum Gasteiger partial charge on any atom is -0.355 e. The molecule has 0 bridgehead atoms. The van der Waals surface area contributed by atoms with E-state index in [0.717, 1.165) is 50.7 Å². The van der Waals surface area contributed by atoms with Crippen molar-refractivity contribution in [3.63, 3.8) is 0 Å². The van der Waals surface area contributed by atoms with Crippen LogP contribution in [0.3, 0.4) is 0 Å². The second-order valence-corrected chi connectivity index (χ2v) is 9.58. The van der Waals surface area contributed by atoms with Crippen LogP contribution in [0.1, 0.15) is 49.2 Å². The van der Waals surface area contributed by atoms with Crippen LogP contribution in [0, 0.1) is 24.2 Å². The molecule has 8 heteroatoms. The van der Waals surface area contributed by atoms with Crippen molar-refractivity contribution in [2.45, 2.75) is 52.0 Å². The molecule has 3 aliphatic rings. The topological polar surface area (TPSA) is 57.3 Å². The highest BCUT2D eigenvalue weighted by Gasteiger charge is 2.49. The Labute approximate surface area is 185 Å². The number of rotatable bonds is 5. The van der Waals surface area contributed by atoms with E-state index in [9.17, 15) is 4.79 Å². The number of hydrogen-bond donors (Lipinski definition) is 2. The number of likely N-dealkylation sites (tertiary alicyclic amines) is 1. The first-order chi connectivity index (χ1) is 12.7. The molecule has 3 fully saturated rings. The van der Waals surface area contributed by atoms with Crippen molar-refractivity contribution in [3.8, 4) is 0 Å². The summed E-state index contributed by atoms with van der Waals surface area (Å²) in [5.41, 5.74) is 1.09. The molecule has 2 aliphatic heterocycles. The molecule has 0 spiro atoms. The van der Waals surface area contributed by atoms with Gasteiger partial charge in [-0.3, -0.25) is 9.69 Å². The lowest BCUT2D eigenvalue weighted by Crippen LogP contribution is -2.49. The lowest BCUT2D eigenvalue weighted by atomic mass is 9.67. The summed E-state index contributed by atoms with van der Waals surface area (Å²) in [5.74, 6) is 1.51. The molecule has 2 saturated heterocycles. The van der Waals surface area contributed by atoms with E-state index in [1.807, 2.05) is 0 Å². The van der Waals surface area contributed by atoms with Gasteiger partial charge in [-0.1, -0.05) is 12.8 Å². The number of carbonyl (C=O) groups excluding carboxylic acids is 1. The monoisotopic (exact) mass is 448 g/mol. The quantitative estimate of drug-likeness (QED) is 0.724. The molecule has 2 atom stereocenters. The van der Waals surface area contributed by atoms with Gasteiger partial charge in [-0.15, -0.1) is 36.2 Å². The molecule has 0 aromatic carbocycles. The molecule has 5 nitrogen and oxygen atoms in total. The largest absolute Gasteiger partial charge is 0.355 e. The van der Waals surface area contributed by atoms with Crippen molar-refractivity contribution in [1.82, 2.24) is 20.5 Å². The van der Waals surface area contributed by atoms with Gasteiger partial charge in [0.1, 0.15) is 0 Å². The van der Waals surface area contributed by atoms with Crippen LogP contribution in [0.25, 0.3) is 0 Å². The number of amides is 1. The molecule has 1 aromatic rings. The Morgan fingerprint density at radius 1 is 1.32 bits per heavy atom. The van der Waals surface area contributed by atoms with E-state index in [0.29, 0.717) is 17.7 Å². The van der Waals surface area contributed by atoms with Crippen molar-refractivity contribution in [3.05, 3.63) is 16.1 Å². The van der Waals surface area contributed by atoms with Gasteiger partial charge < -0.3 is 10.6 Å². The number of thiazole rings is 1. The van der Waals surface area contributed by atoms with Crippen molar-refractivity contribution in [2.75, 3.05) is 32.7 Å². The summed E-state index contributed by atoms with van der Waals surface area (Å²) in [6.07, 6.45) is 7.14. The average molecular weight is 449 g/mol. The van der Waals surface area contributed by atoms with Crippen molar-refractivity contribution < 1.29 is 4.79 Å². The van der Waals surface area contributed by atoms with Crippen LogP contribution in [0.5, 0.6) is 0 Å². The minimum absolute atomic E-state index is 0. The highest BCUT2D eigenvalue weighted by molar-refractivity contribution is 7.09. The lowest BCUT2D eigenvalue weighted by molar-refractivity contribution is -0.134. The van der Waals surface area contributed by atoms with Crippen molar-refractivity contribution in [1.29, 1.82) is 0 Å². The molecule has 1 aliphatic carbocycles. The Bertz CT molecular complexity index is 635. The fourth-order valence-corrected chi connectivity index (χ4v) is 5.77. The Morgan fingerprint density at radius 3 is 2.82 bits per heavy atom. The van der Waals surface area contributed by atoms with E-state index in [-0.39, 0.29) is 30.2 Å². The molecule has 3 heterocycles. The number of aromatic nitrogens is 1. The maximum Gasteiger partial charge on any atom is 0.227 e. The van der Waals surface area contributed by atoms with E-state index in [4.69, 9.17) is 0 Å². The first kappa shape index (κ1) is 23.9. The van der Waals surface area contributed by atoms with Gasteiger partial charge in [0.05, 0.1) is 16.1 Å². The molecule has 2 N–H and O–H groups in total. The summed E-state index contributed by atoms with van der Waals surface area (Å²) in [5, 5.41) is 10.2. The predicted molar refractivity (Wildman–Crippen MR) is 120 cm³/mol. The maximum atomic E-state index is 13.0. The number of nitrogens with one attached hydrogen (secondary N) is 2. The first-order valence-electron chi connectivity index (χ1n) is 10.3. The highest BCUT2D eigenvalue weighted by Crippen LogP contribution is 2.43. The van der Waals surface area contributed by atoms with Gasteiger partial charge in [0, 0.05) is 25.0 Å². The maximum absolute atomic E-state index is 13.0. The third-order valence-corrected chi connectivity index (χ3v) is 7.62. The number of halogens is 2. The van der Waals surface area contributed by atoms with Crippen molar-refractivity contribution >= 4 is 42.1 Å². The number of hydrogen-bond acceptors (Lipinski definition) is 5. The van der Waals surface area contributed by atoms with Crippen LogP contribution in [0.15, 0.2) is 5.38 Å².